The molecular weight excluding hydrogens is 554 g/mol. The highest BCUT2D eigenvalue weighted by molar-refractivity contribution is 7.92. The molecule has 0 spiro atoms. The first kappa shape index (κ1) is 32.5. The van der Waals surface area contributed by atoms with Gasteiger partial charge in [-0.05, 0) is 63.9 Å². The van der Waals surface area contributed by atoms with Gasteiger partial charge in [-0.15, -0.1) is 0 Å². The van der Waals surface area contributed by atoms with Crippen molar-refractivity contribution >= 4 is 27.5 Å². The number of rotatable bonds is 13. The highest BCUT2D eigenvalue weighted by atomic mass is 32.2. The molecule has 3 rings (SSSR count). The molecule has 9 nitrogen and oxygen atoms in total. The van der Waals surface area contributed by atoms with Crippen molar-refractivity contribution in [3.05, 3.63) is 83.4 Å². The molecule has 10 heteroatoms. The van der Waals surface area contributed by atoms with E-state index in [-0.39, 0.29) is 34.8 Å². The molecule has 0 aliphatic heterocycles. The minimum Gasteiger partial charge on any atom is -0.497 e. The number of ether oxygens (including phenoxy) is 2. The van der Waals surface area contributed by atoms with Crippen molar-refractivity contribution in [3.63, 3.8) is 0 Å². The third-order valence-electron chi connectivity index (χ3n) is 7.15. The van der Waals surface area contributed by atoms with E-state index in [9.17, 15) is 18.0 Å². The van der Waals surface area contributed by atoms with Crippen molar-refractivity contribution in [3.8, 4) is 11.5 Å². The van der Waals surface area contributed by atoms with Gasteiger partial charge in [0.1, 0.15) is 24.1 Å². The molecule has 0 aliphatic carbocycles. The molecule has 0 saturated carbocycles. The van der Waals surface area contributed by atoms with Gasteiger partial charge >= 0.3 is 0 Å². The molecule has 3 aromatic rings. The third kappa shape index (κ3) is 7.82. The quantitative estimate of drug-likeness (QED) is 0.303. The molecule has 0 heterocycles. The number of carbonyl (C=O) groups excluding carboxylic acids is 2. The fraction of sp³-hybridized carbons (Fsp3) is 0.375. The number of carbonyl (C=O) groups is 2. The summed E-state index contributed by atoms with van der Waals surface area (Å²) in [6, 6.07) is 17.8. The largest absolute Gasteiger partial charge is 0.497 e. The summed E-state index contributed by atoms with van der Waals surface area (Å²) in [5, 5.41) is 2.94. The first-order valence-electron chi connectivity index (χ1n) is 13.9. The first-order chi connectivity index (χ1) is 19.9. The molecule has 0 fully saturated rings. The van der Waals surface area contributed by atoms with Crippen LogP contribution in [0, 0.1) is 13.8 Å². The number of hydrogen-bond acceptors (Lipinski definition) is 6. The molecule has 1 N–H and O–H groups in total. The van der Waals surface area contributed by atoms with Crippen molar-refractivity contribution in [2.45, 2.75) is 64.6 Å². The van der Waals surface area contributed by atoms with Gasteiger partial charge in [0, 0.05) is 18.7 Å². The minimum atomic E-state index is -4.26. The van der Waals surface area contributed by atoms with E-state index in [4.69, 9.17) is 9.47 Å². The Morgan fingerprint density at radius 2 is 1.60 bits per heavy atom. The Morgan fingerprint density at radius 1 is 0.905 bits per heavy atom. The number of nitrogens with zero attached hydrogens (tertiary/aromatic N) is 2. The van der Waals surface area contributed by atoms with Gasteiger partial charge in [-0.3, -0.25) is 13.9 Å². The van der Waals surface area contributed by atoms with Crippen molar-refractivity contribution in [1.82, 2.24) is 10.2 Å². The van der Waals surface area contributed by atoms with Crippen LogP contribution in [-0.2, 0) is 26.2 Å². The standard InChI is InChI=1S/C32H41N3O6S/c1-8-24(4)33-32(37)25(5)34(20-26-11-9-10-23(3)18-26)31(36)21-35(29-19-27(40-6)14-17-30(29)41-7)42(38,39)28-15-12-22(2)13-16-28/h9-19,24-25H,8,20-21H2,1-7H3,(H,33,37)/t24-,25+/m0/s1. The second-order valence-electron chi connectivity index (χ2n) is 10.4. The summed E-state index contributed by atoms with van der Waals surface area (Å²) >= 11 is 0. The fourth-order valence-electron chi connectivity index (χ4n) is 4.40. The number of amides is 2. The van der Waals surface area contributed by atoms with Crippen LogP contribution in [0.5, 0.6) is 11.5 Å². The molecule has 3 aromatic carbocycles. The number of nitrogens with one attached hydrogen (secondary N) is 1. The molecule has 226 valence electrons. The first-order valence-corrected chi connectivity index (χ1v) is 15.3. The normalized spacial score (nSPS) is 12.6. The summed E-state index contributed by atoms with van der Waals surface area (Å²) in [6.45, 7) is 8.84. The molecular formula is C32H41N3O6S. The summed E-state index contributed by atoms with van der Waals surface area (Å²) in [4.78, 5) is 28.8. The summed E-state index contributed by atoms with van der Waals surface area (Å²) in [5.41, 5.74) is 2.85. The lowest BCUT2D eigenvalue weighted by molar-refractivity contribution is -0.139. The van der Waals surface area contributed by atoms with Crippen LogP contribution in [0.3, 0.4) is 0 Å². The Hall–Kier alpha value is -4.05. The van der Waals surface area contributed by atoms with Crippen LogP contribution < -0.4 is 19.1 Å². The Kier molecular flexibility index (Phi) is 11.0. The predicted octanol–water partition coefficient (Wildman–Crippen LogP) is 4.85. The second kappa shape index (κ2) is 14.2. The van der Waals surface area contributed by atoms with Crippen LogP contribution in [-0.4, -0.2) is 58.0 Å². The zero-order chi connectivity index (χ0) is 31.0. The van der Waals surface area contributed by atoms with Crippen molar-refractivity contribution in [2.75, 3.05) is 25.1 Å². The number of anilines is 1. The zero-order valence-electron chi connectivity index (χ0n) is 25.4. The van der Waals surface area contributed by atoms with Gasteiger partial charge < -0.3 is 19.7 Å². The number of aryl methyl sites for hydroxylation is 2. The Balaban J connectivity index is 2.12. The van der Waals surface area contributed by atoms with E-state index < -0.39 is 28.5 Å². The van der Waals surface area contributed by atoms with Crippen LogP contribution in [0.4, 0.5) is 5.69 Å². The lowest BCUT2D eigenvalue weighted by atomic mass is 10.1. The maximum atomic E-state index is 14.2. The SMILES string of the molecule is CC[C@H](C)NC(=O)[C@@H](C)N(Cc1cccc(C)c1)C(=O)CN(c1cc(OC)ccc1OC)S(=O)(=O)c1ccc(C)cc1. The molecule has 2 amide bonds. The van der Waals surface area contributed by atoms with Crippen LogP contribution in [0.2, 0.25) is 0 Å². The lowest BCUT2D eigenvalue weighted by Gasteiger charge is -2.33. The van der Waals surface area contributed by atoms with Gasteiger partial charge in [-0.1, -0.05) is 54.4 Å². The summed E-state index contributed by atoms with van der Waals surface area (Å²) in [7, 11) is -1.36. The van der Waals surface area contributed by atoms with Gasteiger partial charge in [0.15, 0.2) is 0 Å². The van der Waals surface area contributed by atoms with E-state index in [1.54, 1.807) is 31.2 Å². The van der Waals surface area contributed by atoms with Gasteiger partial charge in [0.05, 0.1) is 24.8 Å². The molecule has 42 heavy (non-hydrogen) atoms. The summed E-state index contributed by atoms with van der Waals surface area (Å²) in [5.74, 6) is -0.242. The number of sulfonamides is 1. The maximum Gasteiger partial charge on any atom is 0.264 e. The van der Waals surface area contributed by atoms with E-state index in [0.717, 1.165) is 27.4 Å². The molecule has 0 unspecified atom stereocenters. The van der Waals surface area contributed by atoms with E-state index in [1.807, 2.05) is 52.0 Å². The van der Waals surface area contributed by atoms with Crippen molar-refractivity contribution in [1.29, 1.82) is 0 Å². The second-order valence-corrected chi connectivity index (χ2v) is 12.2. The molecule has 0 radical (unpaired) electrons. The highest BCUT2D eigenvalue weighted by Crippen LogP contribution is 2.36. The van der Waals surface area contributed by atoms with Crippen molar-refractivity contribution in [2.24, 2.45) is 0 Å². The van der Waals surface area contributed by atoms with E-state index in [1.165, 1.54) is 37.3 Å². The Bertz CT molecular complexity index is 1490. The van der Waals surface area contributed by atoms with E-state index >= 15 is 0 Å². The van der Waals surface area contributed by atoms with Gasteiger partial charge in [-0.25, -0.2) is 8.42 Å². The number of methoxy groups -OCH3 is 2. The minimum absolute atomic E-state index is 0.0126. The van der Waals surface area contributed by atoms with Crippen LogP contribution in [0.1, 0.15) is 43.9 Å². The molecule has 0 aliphatic rings. The van der Waals surface area contributed by atoms with Gasteiger partial charge in [0.25, 0.3) is 10.0 Å². The highest BCUT2D eigenvalue weighted by Gasteiger charge is 2.34. The summed E-state index contributed by atoms with van der Waals surface area (Å²) < 4.78 is 40.2. The number of benzene rings is 3. The van der Waals surface area contributed by atoms with Gasteiger partial charge in [0.2, 0.25) is 11.8 Å². The Morgan fingerprint density at radius 3 is 2.19 bits per heavy atom. The third-order valence-corrected chi connectivity index (χ3v) is 8.92. The number of hydrogen-bond donors (Lipinski definition) is 1. The summed E-state index contributed by atoms with van der Waals surface area (Å²) in [6.07, 6.45) is 0.725. The average molecular weight is 596 g/mol. The zero-order valence-corrected chi connectivity index (χ0v) is 26.2. The fourth-order valence-corrected chi connectivity index (χ4v) is 5.81. The molecule has 2 atom stereocenters. The predicted molar refractivity (Wildman–Crippen MR) is 164 cm³/mol. The molecule has 0 bridgehead atoms. The van der Waals surface area contributed by atoms with E-state index in [0.29, 0.717) is 5.75 Å². The Labute approximate surface area is 249 Å². The van der Waals surface area contributed by atoms with Gasteiger partial charge in [-0.2, -0.15) is 0 Å². The van der Waals surface area contributed by atoms with E-state index in [2.05, 4.69) is 5.32 Å². The van der Waals surface area contributed by atoms with Crippen LogP contribution in [0.25, 0.3) is 0 Å². The average Bonchev–Trinajstić information content (AvgIpc) is 2.97. The molecule has 0 aromatic heterocycles. The molecule has 0 saturated heterocycles. The smallest absolute Gasteiger partial charge is 0.264 e. The monoisotopic (exact) mass is 595 g/mol. The topological polar surface area (TPSA) is 105 Å². The maximum absolute atomic E-state index is 14.2. The van der Waals surface area contributed by atoms with Crippen LogP contribution in [0.15, 0.2) is 71.6 Å². The lowest BCUT2D eigenvalue weighted by Crippen LogP contribution is -2.52. The van der Waals surface area contributed by atoms with Crippen LogP contribution >= 0.6 is 0 Å². The van der Waals surface area contributed by atoms with Crippen molar-refractivity contribution < 1.29 is 27.5 Å².